The highest BCUT2D eigenvalue weighted by Gasteiger charge is 2.35. The number of nitrogens with one attached hydrogen (secondary N) is 1. The number of carbonyl (C=O) groups is 1. The van der Waals surface area contributed by atoms with E-state index in [0.29, 0.717) is 11.4 Å². The molecule has 7 nitrogen and oxygen atoms in total. The number of fused-ring (bicyclic) bond motifs is 1. The van der Waals surface area contributed by atoms with Gasteiger partial charge in [0.1, 0.15) is 18.1 Å². The fraction of sp³-hybridized carbons (Fsp3) is 0.381. The summed E-state index contributed by atoms with van der Waals surface area (Å²) in [7, 11) is -3.55. The molecule has 156 valence electrons. The second kappa shape index (κ2) is 8.32. The van der Waals surface area contributed by atoms with Crippen molar-refractivity contribution < 1.29 is 22.7 Å². The molecule has 0 radical (unpaired) electrons. The van der Waals surface area contributed by atoms with E-state index in [9.17, 15) is 13.2 Å². The summed E-state index contributed by atoms with van der Waals surface area (Å²) in [6, 6.07) is 12.6. The van der Waals surface area contributed by atoms with Crippen LogP contribution in [0.15, 0.2) is 42.5 Å². The van der Waals surface area contributed by atoms with Crippen molar-refractivity contribution in [1.82, 2.24) is 5.32 Å². The number of carbonyl (C=O) groups excluding carboxylic acids is 1. The predicted molar refractivity (Wildman–Crippen MR) is 112 cm³/mol. The lowest BCUT2D eigenvalue weighted by Gasteiger charge is -2.34. The molecule has 1 aliphatic heterocycles. The monoisotopic (exact) mass is 418 g/mol. The van der Waals surface area contributed by atoms with E-state index in [1.807, 2.05) is 51.1 Å². The van der Waals surface area contributed by atoms with E-state index >= 15 is 0 Å². The Kier molecular flexibility index (Phi) is 6.02. The van der Waals surface area contributed by atoms with Crippen LogP contribution in [0.5, 0.6) is 11.5 Å². The van der Waals surface area contributed by atoms with E-state index in [4.69, 9.17) is 9.47 Å². The van der Waals surface area contributed by atoms with Gasteiger partial charge in [-0.15, -0.1) is 0 Å². The zero-order valence-corrected chi connectivity index (χ0v) is 17.8. The van der Waals surface area contributed by atoms with E-state index in [2.05, 4.69) is 5.32 Å². The van der Waals surface area contributed by atoms with E-state index in [1.54, 1.807) is 12.1 Å². The lowest BCUT2D eigenvalue weighted by molar-refractivity contribution is -0.128. The second-order valence-corrected chi connectivity index (χ2v) is 9.31. The Labute approximate surface area is 171 Å². The fourth-order valence-electron chi connectivity index (χ4n) is 3.05. The fourth-order valence-corrected chi connectivity index (χ4v) is 3.95. The molecule has 8 heteroatoms. The Hall–Kier alpha value is -2.74. The van der Waals surface area contributed by atoms with E-state index in [0.717, 1.165) is 23.1 Å². The van der Waals surface area contributed by atoms with Gasteiger partial charge in [0.05, 0.1) is 24.5 Å². The summed E-state index contributed by atoms with van der Waals surface area (Å²) in [5.74, 6) is 0.707. The zero-order valence-electron chi connectivity index (χ0n) is 17.0. The Morgan fingerprint density at radius 2 is 1.86 bits per heavy atom. The number of nitrogens with zero attached hydrogens (tertiary/aromatic N) is 1. The highest BCUT2D eigenvalue weighted by molar-refractivity contribution is 7.92. The van der Waals surface area contributed by atoms with Crippen LogP contribution in [0.2, 0.25) is 0 Å². The number of ether oxygens (including phenoxy) is 2. The summed E-state index contributed by atoms with van der Waals surface area (Å²) >= 11 is 0. The first-order valence-corrected chi connectivity index (χ1v) is 11.2. The van der Waals surface area contributed by atoms with Gasteiger partial charge in [-0.05, 0) is 50.6 Å². The van der Waals surface area contributed by atoms with Crippen molar-refractivity contribution >= 4 is 21.6 Å². The van der Waals surface area contributed by atoms with E-state index < -0.39 is 16.1 Å². The van der Waals surface area contributed by atoms with Crippen LogP contribution in [0.1, 0.15) is 18.1 Å². The van der Waals surface area contributed by atoms with Gasteiger partial charge in [-0.25, -0.2) is 8.42 Å². The van der Waals surface area contributed by atoms with Gasteiger partial charge in [0.2, 0.25) is 10.0 Å². The molecule has 0 saturated heterocycles. The van der Waals surface area contributed by atoms with Crippen molar-refractivity contribution in [3.8, 4) is 11.5 Å². The van der Waals surface area contributed by atoms with Crippen LogP contribution in [-0.4, -0.2) is 45.9 Å². The van der Waals surface area contributed by atoms with Gasteiger partial charge in [0, 0.05) is 0 Å². The molecular weight excluding hydrogens is 392 g/mol. The van der Waals surface area contributed by atoms with Gasteiger partial charge in [0.15, 0.2) is 6.10 Å². The highest BCUT2D eigenvalue weighted by Crippen LogP contribution is 2.35. The first-order chi connectivity index (χ1) is 13.6. The predicted octanol–water partition coefficient (Wildman–Crippen LogP) is 2.41. The largest absolute Gasteiger partial charge is 0.491 e. The van der Waals surface area contributed by atoms with Gasteiger partial charge in [-0.3, -0.25) is 9.10 Å². The Bertz CT molecular complexity index is 989. The maximum atomic E-state index is 12.7. The summed E-state index contributed by atoms with van der Waals surface area (Å²) < 4.78 is 37.2. The summed E-state index contributed by atoms with van der Waals surface area (Å²) in [5.41, 5.74) is 2.50. The van der Waals surface area contributed by atoms with Crippen LogP contribution < -0.4 is 19.1 Å². The van der Waals surface area contributed by atoms with Crippen molar-refractivity contribution in [2.24, 2.45) is 0 Å². The van der Waals surface area contributed by atoms with Crippen molar-refractivity contribution in [3.05, 3.63) is 53.6 Å². The molecular formula is C21H26N2O5S. The Morgan fingerprint density at radius 1 is 1.21 bits per heavy atom. The van der Waals surface area contributed by atoms with Crippen molar-refractivity contribution in [1.29, 1.82) is 0 Å². The van der Waals surface area contributed by atoms with Crippen molar-refractivity contribution in [2.75, 3.05) is 23.7 Å². The number of amides is 1. The lowest BCUT2D eigenvalue weighted by Crippen LogP contribution is -2.52. The van der Waals surface area contributed by atoms with E-state index in [1.165, 1.54) is 4.31 Å². The molecule has 1 aliphatic rings. The summed E-state index contributed by atoms with van der Waals surface area (Å²) in [4.78, 5) is 12.7. The third-order valence-corrected chi connectivity index (χ3v) is 5.73. The van der Waals surface area contributed by atoms with Crippen LogP contribution >= 0.6 is 0 Å². The number of aryl methyl sites for hydroxylation is 2. The minimum absolute atomic E-state index is 0.0767. The standard InChI is InChI=1S/C21H26N2O5S/c1-14-5-8-17(9-6-14)27-13-16(3)22-21(24)20-12-23(29(4,25)26)18-11-15(2)7-10-19(18)28-20/h5-11,16,20H,12-13H2,1-4H3,(H,22,24)/t16-,20-/m1/s1. The SMILES string of the molecule is Cc1ccc(OC[C@@H](C)NC(=O)[C@H]2CN(S(C)(=O)=O)c3cc(C)ccc3O2)cc1. The molecule has 0 aromatic heterocycles. The number of rotatable bonds is 6. The molecule has 0 unspecified atom stereocenters. The average Bonchev–Trinajstić information content (AvgIpc) is 2.65. The first-order valence-electron chi connectivity index (χ1n) is 9.38. The highest BCUT2D eigenvalue weighted by atomic mass is 32.2. The van der Waals surface area contributed by atoms with Gasteiger partial charge in [0.25, 0.3) is 5.91 Å². The minimum atomic E-state index is -3.55. The Morgan fingerprint density at radius 3 is 2.52 bits per heavy atom. The third-order valence-electron chi connectivity index (χ3n) is 4.59. The number of benzene rings is 2. The molecule has 2 aromatic rings. The number of anilines is 1. The molecule has 0 aliphatic carbocycles. The molecule has 0 fully saturated rings. The lowest BCUT2D eigenvalue weighted by atomic mass is 10.1. The van der Waals surface area contributed by atoms with Crippen LogP contribution in [0.3, 0.4) is 0 Å². The normalized spacial score (nSPS) is 17.1. The maximum absolute atomic E-state index is 12.7. The van der Waals surface area contributed by atoms with Gasteiger partial charge < -0.3 is 14.8 Å². The van der Waals surface area contributed by atoms with Crippen molar-refractivity contribution in [3.63, 3.8) is 0 Å². The molecule has 29 heavy (non-hydrogen) atoms. The number of hydrogen-bond acceptors (Lipinski definition) is 5. The van der Waals surface area contributed by atoms with Gasteiger partial charge in [-0.1, -0.05) is 23.8 Å². The van der Waals surface area contributed by atoms with E-state index in [-0.39, 0.29) is 25.1 Å². The van der Waals surface area contributed by atoms with Gasteiger partial charge >= 0.3 is 0 Å². The summed E-state index contributed by atoms with van der Waals surface area (Å²) in [5, 5.41) is 2.83. The van der Waals surface area contributed by atoms with Crippen LogP contribution in [0.4, 0.5) is 5.69 Å². The molecule has 2 atom stereocenters. The molecule has 3 rings (SSSR count). The average molecular weight is 419 g/mol. The zero-order chi connectivity index (χ0) is 21.2. The second-order valence-electron chi connectivity index (χ2n) is 7.41. The molecule has 2 aromatic carbocycles. The molecule has 1 heterocycles. The quantitative estimate of drug-likeness (QED) is 0.779. The van der Waals surface area contributed by atoms with Crippen molar-refractivity contribution in [2.45, 2.75) is 32.9 Å². The smallest absolute Gasteiger partial charge is 0.263 e. The molecule has 0 spiro atoms. The number of sulfonamides is 1. The first kappa shape index (κ1) is 21.0. The third kappa shape index (κ3) is 5.20. The summed E-state index contributed by atoms with van der Waals surface area (Å²) in [6.45, 7) is 5.89. The Balaban J connectivity index is 1.66. The molecule has 1 amide bonds. The minimum Gasteiger partial charge on any atom is -0.491 e. The number of hydrogen-bond donors (Lipinski definition) is 1. The van der Waals surface area contributed by atoms with Crippen LogP contribution in [0, 0.1) is 13.8 Å². The molecule has 0 bridgehead atoms. The molecule has 1 N–H and O–H groups in total. The topological polar surface area (TPSA) is 84.9 Å². The molecule has 0 saturated carbocycles. The van der Waals surface area contributed by atoms with Gasteiger partial charge in [-0.2, -0.15) is 0 Å². The summed E-state index contributed by atoms with van der Waals surface area (Å²) in [6.07, 6.45) is 0.180. The van der Waals surface area contributed by atoms with Crippen LogP contribution in [-0.2, 0) is 14.8 Å². The van der Waals surface area contributed by atoms with Crippen LogP contribution in [0.25, 0.3) is 0 Å². The maximum Gasteiger partial charge on any atom is 0.263 e.